The van der Waals surface area contributed by atoms with Crippen molar-refractivity contribution in [3.05, 3.63) is 29.8 Å². The number of nitrogen functional groups attached to an aromatic ring is 1. The SMILES string of the molecule is CN1CCC(O)C1c1ccc(N)cc1. The van der Waals surface area contributed by atoms with Gasteiger partial charge >= 0.3 is 0 Å². The maximum absolute atomic E-state index is 9.81. The molecule has 1 aromatic carbocycles. The average Bonchev–Trinajstić information content (AvgIpc) is 2.49. The van der Waals surface area contributed by atoms with Crippen LogP contribution in [0.4, 0.5) is 5.69 Å². The van der Waals surface area contributed by atoms with Crippen LogP contribution in [0.25, 0.3) is 0 Å². The lowest BCUT2D eigenvalue weighted by atomic mass is 10.0. The minimum absolute atomic E-state index is 0.135. The van der Waals surface area contributed by atoms with Gasteiger partial charge in [-0.2, -0.15) is 0 Å². The molecule has 0 bridgehead atoms. The van der Waals surface area contributed by atoms with Crippen LogP contribution in [0.3, 0.4) is 0 Å². The average molecular weight is 192 g/mol. The fourth-order valence-electron chi connectivity index (χ4n) is 2.10. The molecule has 1 saturated heterocycles. The quantitative estimate of drug-likeness (QED) is 0.653. The van der Waals surface area contributed by atoms with Gasteiger partial charge in [-0.15, -0.1) is 0 Å². The molecule has 76 valence electrons. The summed E-state index contributed by atoms with van der Waals surface area (Å²) in [6.07, 6.45) is 0.606. The number of nitrogens with two attached hydrogens (primary N) is 1. The topological polar surface area (TPSA) is 49.5 Å². The van der Waals surface area contributed by atoms with Gasteiger partial charge in [-0.1, -0.05) is 12.1 Å². The first kappa shape index (κ1) is 9.49. The summed E-state index contributed by atoms with van der Waals surface area (Å²) in [6.45, 7) is 0.955. The van der Waals surface area contributed by atoms with E-state index in [1.54, 1.807) is 0 Å². The Balaban J connectivity index is 2.25. The van der Waals surface area contributed by atoms with Gasteiger partial charge in [-0.25, -0.2) is 0 Å². The first-order chi connectivity index (χ1) is 6.68. The van der Waals surface area contributed by atoms with Crippen molar-refractivity contribution in [2.24, 2.45) is 0 Å². The number of likely N-dealkylation sites (N-methyl/N-ethyl adjacent to an activating group) is 1. The molecular weight excluding hydrogens is 176 g/mol. The van der Waals surface area contributed by atoms with Crippen LogP contribution in [0.2, 0.25) is 0 Å². The predicted octanol–water partition coefficient (Wildman–Crippen LogP) is 1.01. The number of nitrogens with zero attached hydrogens (tertiary/aromatic N) is 1. The Morgan fingerprint density at radius 1 is 1.36 bits per heavy atom. The van der Waals surface area contributed by atoms with Gasteiger partial charge in [0.1, 0.15) is 0 Å². The Morgan fingerprint density at radius 3 is 2.50 bits per heavy atom. The molecule has 3 N–H and O–H groups in total. The van der Waals surface area contributed by atoms with E-state index in [4.69, 9.17) is 5.73 Å². The minimum atomic E-state index is -0.247. The van der Waals surface area contributed by atoms with Gasteiger partial charge in [0.25, 0.3) is 0 Å². The van der Waals surface area contributed by atoms with Crippen molar-refractivity contribution < 1.29 is 5.11 Å². The summed E-state index contributed by atoms with van der Waals surface area (Å²) in [6, 6.07) is 7.88. The number of aliphatic hydroxyl groups excluding tert-OH is 1. The molecule has 1 aliphatic rings. The first-order valence-corrected chi connectivity index (χ1v) is 4.92. The molecule has 0 amide bonds. The van der Waals surface area contributed by atoms with Crippen molar-refractivity contribution >= 4 is 5.69 Å². The van der Waals surface area contributed by atoms with Crippen LogP contribution in [0.5, 0.6) is 0 Å². The number of aliphatic hydroxyl groups is 1. The van der Waals surface area contributed by atoms with Crippen molar-refractivity contribution in [2.75, 3.05) is 19.3 Å². The molecular formula is C11H16N2O. The Labute approximate surface area is 84.1 Å². The highest BCUT2D eigenvalue weighted by Gasteiger charge is 2.31. The second kappa shape index (κ2) is 3.59. The largest absolute Gasteiger partial charge is 0.399 e. The fraction of sp³-hybridized carbons (Fsp3) is 0.455. The smallest absolute Gasteiger partial charge is 0.0749 e. The molecule has 0 aromatic heterocycles. The minimum Gasteiger partial charge on any atom is -0.399 e. The van der Waals surface area contributed by atoms with Crippen LogP contribution in [0, 0.1) is 0 Å². The molecule has 2 rings (SSSR count). The van der Waals surface area contributed by atoms with Crippen molar-refractivity contribution in [1.29, 1.82) is 0 Å². The van der Waals surface area contributed by atoms with Crippen LogP contribution >= 0.6 is 0 Å². The van der Waals surface area contributed by atoms with Crippen molar-refractivity contribution in [2.45, 2.75) is 18.6 Å². The zero-order valence-electron chi connectivity index (χ0n) is 8.35. The van der Waals surface area contributed by atoms with E-state index in [9.17, 15) is 5.11 Å². The zero-order chi connectivity index (χ0) is 10.1. The molecule has 0 aliphatic carbocycles. The number of rotatable bonds is 1. The molecule has 1 aliphatic heterocycles. The summed E-state index contributed by atoms with van der Waals surface area (Å²) in [7, 11) is 2.04. The number of likely N-dealkylation sites (tertiary alicyclic amines) is 1. The molecule has 1 aromatic rings. The molecule has 2 atom stereocenters. The third kappa shape index (κ3) is 1.61. The summed E-state index contributed by atoms with van der Waals surface area (Å²) in [5, 5.41) is 9.81. The maximum atomic E-state index is 9.81. The standard InChI is InChI=1S/C11H16N2O/c1-13-7-6-10(14)11(13)8-2-4-9(12)5-3-8/h2-5,10-11,14H,6-7,12H2,1H3. The van der Waals surface area contributed by atoms with Crippen LogP contribution in [-0.2, 0) is 0 Å². The monoisotopic (exact) mass is 192 g/mol. The highest BCUT2D eigenvalue weighted by atomic mass is 16.3. The van der Waals surface area contributed by atoms with E-state index in [0.717, 1.165) is 24.2 Å². The summed E-state index contributed by atoms with van der Waals surface area (Å²) in [5.74, 6) is 0. The molecule has 0 radical (unpaired) electrons. The molecule has 3 heteroatoms. The van der Waals surface area contributed by atoms with Gasteiger partial charge in [0.2, 0.25) is 0 Å². The van der Waals surface area contributed by atoms with Crippen LogP contribution in [-0.4, -0.2) is 29.7 Å². The van der Waals surface area contributed by atoms with Crippen LogP contribution < -0.4 is 5.73 Å². The van der Waals surface area contributed by atoms with Crippen molar-refractivity contribution in [3.63, 3.8) is 0 Å². The Bertz CT molecular complexity index is 300. The molecule has 1 heterocycles. The van der Waals surface area contributed by atoms with Gasteiger partial charge in [0.15, 0.2) is 0 Å². The maximum Gasteiger partial charge on any atom is 0.0749 e. The van der Waals surface area contributed by atoms with Gasteiger partial charge in [-0.05, 0) is 31.2 Å². The summed E-state index contributed by atoms with van der Waals surface area (Å²) >= 11 is 0. The Morgan fingerprint density at radius 2 is 2.00 bits per heavy atom. The number of anilines is 1. The molecule has 0 spiro atoms. The molecule has 1 fully saturated rings. The van der Waals surface area contributed by atoms with E-state index in [0.29, 0.717) is 0 Å². The van der Waals surface area contributed by atoms with Crippen molar-refractivity contribution in [1.82, 2.24) is 4.90 Å². The first-order valence-electron chi connectivity index (χ1n) is 4.92. The molecule has 0 saturated carbocycles. The predicted molar refractivity (Wildman–Crippen MR) is 56.8 cm³/mol. The molecule has 2 unspecified atom stereocenters. The third-order valence-electron chi connectivity index (χ3n) is 2.89. The van der Waals surface area contributed by atoms with Gasteiger partial charge in [0.05, 0.1) is 12.1 Å². The van der Waals surface area contributed by atoms with Gasteiger partial charge in [-0.3, -0.25) is 4.90 Å². The van der Waals surface area contributed by atoms with E-state index < -0.39 is 0 Å². The second-order valence-electron chi connectivity index (χ2n) is 3.95. The van der Waals surface area contributed by atoms with E-state index in [1.165, 1.54) is 0 Å². The van der Waals surface area contributed by atoms with Crippen LogP contribution in [0.1, 0.15) is 18.0 Å². The van der Waals surface area contributed by atoms with E-state index in [2.05, 4.69) is 4.90 Å². The lowest BCUT2D eigenvalue weighted by molar-refractivity contribution is 0.127. The van der Waals surface area contributed by atoms with Gasteiger partial charge in [0, 0.05) is 12.2 Å². The summed E-state index contributed by atoms with van der Waals surface area (Å²) in [4.78, 5) is 2.18. The number of benzene rings is 1. The lowest BCUT2D eigenvalue weighted by Gasteiger charge is -2.22. The van der Waals surface area contributed by atoms with Crippen LogP contribution in [0.15, 0.2) is 24.3 Å². The third-order valence-corrected chi connectivity index (χ3v) is 2.89. The summed E-state index contributed by atoms with van der Waals surface area (Å²) in [5.41, 5.74) is 7.53. The van der Waals surface area contributed by atoms with Crippen molar-refractivity contribution in [3.8, 4) is 0 Å². The van der Waals surface area contributed by atoms with E-state index >= 15 is 0 Å². The molecule has 14 heavy (non-hydrogen) atoms. The van der Waals surface area contributed by atoms with Gasteiger partial charge < -0.3 is 10.8 Å². The lowest BCUT2D eigenvalue weighted by Crippen LogP contribution is -2.23. The number of hydrogen-bond donors (Lipinski definition) is 2. The zero-order valence-corrected chi connectivity index (χ0v) is 8.35. The second-order valence-corrected chi connectivity index (χ2v) is 3.95. The highest BCUT2D eigenvalue weighted by Crippen LogP contribution is 2.30. The highest BCUT2D eigenvalue weighted by molar-refractivity contribution is 5.40. The molecule has 3 nitrogen and oxygen atoms in total. The number of hydrogen-bond acceptors (Lipinski definition) is 3. The fourth-order valence-corrected chi connectivity index (χ4v) is 2.10. The normalized spacial score (nSPS) is 28.1. The summed E-state index contributed by atoms with van der Waals surface area (Å²) < 4.78 is 0. The Hall–Kier alpha value is -1.06. The van der Waals surface area contributed by atoms with E-state index in [-0.39, 0.29) is 12.1 Å². The Kier molecular flexibility index (Phi) is 2.44. The van der Waals surface area contributed by atoms with E-state index in [1.807, 2.05) is 31.3 Å².